The number of anilines is 1. The lowest BCUT2D eigenvalue weighted by Crippen LogP contribution is -2.17. The number of hydrogen-bond donors (Lipinski definition) is 3. The zero-order chi connectivity index (χ0) is 26.4. The number of hydrogen-bond acceptors (Lipinski definition) is 6. The molecule has 0 aliphatic heterocycles. The molecule has 6 aromatic rings. The quantitative estimate of drug-likeness (QED) is 0.278. The number of nitrogens with zero attached hydrogens (tertiary/aromatic N) is 5. The van der Waals surface area contributed by atoms with E-state index in [4.69, 9.17) is 10.8 Å². The Morgan fingerprint density at radius 2 is 1.84 bits per heavy atom. The van der Waals surface area contributed by atoms with Crippen molar-refractivity contribution in [3.05, 3.63) is 79.0 Å². The van der Waals surface area contributed by atoms with Gasteiger partial charge < -0.3 is 11.2 Å². The fourth-order valence-electron chi connectivity index (χ4n) is 4.36. The average molecular weight is 507 g/mol. The van der Waals surface area contributed by atoms with E-state index < -0.39 is 0 Å². The van der Waals surface area contributed by atoms with Crippen LogP contribution in [0.4, 0.5) is 10.1 Å². The summed E-state index contributed by atoms with van der Waals surface area (Å²) in [6.07, 6.45) is 5.02. The molecule has 0 spiro atoms. The minimum absolute atomic E-state index is 0.0888. The minimum Gasteiger partial charge on any atom is -0.337 e. The smallest absolute Gasteiger partial charge is 0.226 e. The molecule has 0 atom stereocenters. The highest BCUT2D eigenvalue weighted by molar-refractivity contribution is 5.98. The van der Waals surface area contributed by atoms with Gasteiger partial charge in [-0.3, -0.25) is 14.9 Å². The van der Waals surface area contributed by atoms with E-state index in [0.29, 0.717) is 44.8 Å². The molecule has 0 unspecified atom stereocenters. The van der Waals surface area contributed by atoms with Crippen molar-refractivity contribution in [2.24, 2.45) is 5.92 Å². The van der Waals surface area contributed by atoms with Crippen LogP contribution in [0.15, 0.2) is 73.2 Å². The molecule has 0 saturated heterocycles. The summed E-state index contributed by atoms with van der Waals surface area (Å²) in [5.74, 6) is 6.36. The van der Waals surface area contributed by atoms with E-state index >= 15 is 0 Å². The molecule has 0 aliphatic rings. The number of rotatable bonds is 5. The number of pyridine rings is 2. The predicted molar refractivity (Wildman–Crippen MR) is 145 cm³/mol. The van der Waals surface area contributed by atoms with Crippen LogP contribution < -0.4 is 11.2 Å². The molecule has 188 valence electrons. The number of imidazole rings is 1. The molecule has 2 aromatic carbocycles. The highest BCUT2D eigenvalue weighted by atomic mass is 19.1. The number of nitrogens with two attached hydrogens (primary N) is 1. The maximum absolute atomic E-state index is 13.9. The number of H-pyrrole nitrogens is 1. The molecule has 9 nitrogen and oxygen atoms in total. The van der Waals surface area contributed by atoms with Crippen LogP contribution in [0.25, 0.3) is 55.8 Å². The maximum Gasteiger partial charge on any atom is 0.226 e. The molecule has 0 bridgehead atoms. The van der Waals surface area contributed by atoms with Gasteiger partial charge >= 0.3 is 0 Å². The summed E-state index contributed by atoms with van der Waals surface area (Å²) in [7, 11) is 0. The van der Waals surface area contributed by atoms with Crippen molar-refractivity contribution < 1.29 is 9.18 Å². The summed E-state index contributed by atoms with van der Waals surface area (Å²) in [5.41, 5.74) is 6.03. The number of nitrogens with one attached hydrogen (secondary N) is 2. The highest BCUT2D eigenvalue weighted by Gasteiger charge is 2.20. The fraction of sp³-hybridized carbons (Fsp3) is 0.107. The van der Waals surface area contributed by atoms with Crippen LogP contribution in [0.5, 0.6) is 0 Å². The number of nitrogen functional groups attached to an aromatic ring is 1. The maximum atomic E-state index is 13.9. The van der Waals surface area contributed by atoms with E-state index in [0.717, 1.165) is 16.7 Å². The lowest BCUT2D eigenvalue weighted by Gasteiger charge is -2.09. The molecular formula is C28H23FN8O. The second-order valence-electron chi connectivity index (χ2n) is 9.29. The number of para-hydroxylation sites is 1. The van der Waals surface area contributed by atoms with Crippen LogP contribution in [-0.2, 0) is 4.79 Å². The lowest BCUT2D eigenvalue weighted by atomic mass is 10.0. The Bertz CT molecular complexity index is 1840. The fourth-order valence-corrected chi connectivity index (χ4v) is 4.36. The van der Waals surface area contributed by atoms with E-state index in [-0.39, 0.29) is 17.6 Å². The molecule has 10 heteroatoms. The van der Waals surface area contributed by atoms with Gasteiger partial charge in [0, 0.05) is 35.0 Å². The van der Waals surface area contributed by atoms with Gasteiger partial charge in [0.25, 0.3) is 0 Å². The average Bonchev–Trinajstić information content (AvgIpc) is 3.49. The molecule has 38 heavy (non-hydrogen) atoms. The van der Waals surface area contributed by atoms with Crippen molar-refractivity contribution in [3.63, 3.8) is 0 Å². The Labute approximate surface area is 216 Å². The van der Waals surface area contributed by atoms with Gasteiger partial charge in [0.05, 0.1) is 28.3 Å². The van der Waals surface area contributed by atoms with Crippen LogP contribution in [0.1, 0.15) is 13.8 Å². The summed E-state index contributed by atoms with van der Waals surface area (Å²) in [6.45, 7) is 3.66. The molecule has 6 rings (SSSR count). The largest absolute Gasteiger partial charge is 0.337 e. The van der Waals surface area contributed by atoms with E-state index in [2.05, 4.69) is 25.5 Å². The zero-order valence-corrected chi connectivity index (χ0v) is 20.6. The Balaban J connectivity index is 1.45. The van der Waals surface area contributed by atoms with Crippen molar-refractivity contribution in [2.75, 3.05) is 11.2 Å². The van der Waals surface area contributed by atoms with E-state index in [1.54, 1.807) is 24.7 Å². The van der Waals surface area contributed by atoms with Gasteiger partial charge in [0.1, 0.15) is 11.5 Å². The topological polar surface area (TPSA) is 127 Å². The first-order valence-corrected chi connectivity index (χ1v) is 12.0. The normalized spacial score (nSPS) is 11.5. The second kappa shape index (κ2) is 9.07. The van der Waals surface area contributed by atoms with Gasteiger partial charge in [0.15, 0.2) is 11.5 Å². The van der Waals surface area contributed by atoms with Gasteiger partial charge in [-0.1, -0.05) is 38.1 Å². The molecular weight excluding hydrogens is 483 g/mol. The minimum atomic E-state index is -0.328. The zero-order valence-electron chi connectivity index (χ0n) is 20.6. The Kier molecular flexibility index (Phi) is 5.56. The summed E-state index contributed by atoms with van der Waals surface area (Å²) in [5, 5.41) is 11.0. The summed E-state index contributed by atoms with van der Waals surface area (Å²) in [6, 6.07) is 15.7. The van der Waals surface area contributed by atoms with E-state index in [9.17, 15) is 9.18 Å². The lowest BCUT2D eigenvalue weighted by molar-refractivity contribution is -0.118. The van der Waals surface area contributed by atoms with Crippen molar-refractivity contribution in [1.29, 1.82) is 0 Å². The molecule has 0 radical (unpaired) electrons. The number of carbonyl (C=O) groups is 1. The van der Waals surface area contributed by atoms with Crippen LogP contribution in [0, 0.1) is 11.7 Å². The number of aromatic nitrogens is 6. The second-order valence-corrected chi connectivity index (χ2v) is 9.29. The molecule has 0 aliphatic carbocycles. The Morgan fingerprint density at radius 1 is 1.03 bits per heavy atom. The van der Waals surface area contributed by atoms with Crippen molar-refractivity contribution in [1.82, 2.24) is 29.8 Å². The van der Waals surface area contributed by atoms with E-state index in [1.807, 2.05) is 50.2 Å². The summed E-state index contributed by atoms with van der Waals surface area (Å²) < 4.78 is 15.4. The first-order chi connectivity index (χ1) is 18.4. The summed E-state index contributed by atoms with van der Waals surface area (Å²) in [4.78, 5) is 25.8. The van der Waals surface area contributed by atoms with E-state index in [1.165, 1.54) is 16.8 Å². The monoisotopic (exact) mass is 506 g/mol. The number of benzene rings is 2. The number of halogens is 1. The first kappa shape index (κ1) is 23.3. The van der Waals surface area contributed by atoms with Crippen molar-refractivity contribution in [2.45, 2.75) is 13.8 Å². The van der Waals surface area contributed by atoms with Crippen molar-refractivity contribution in [3.8, 4) is 33.8 Å². The van der Waals surface area contributed by atoms with Gasteiger partial charge in [-0.15, -0.1) is 0 Å². The number of amides is 1. The van der Waals surface area contributed by atoms with Crippen LogP contribution in [-0.4, -0.2) is 35.7 Å². The molecule has 0 saturated carbocycles. The van der Waals surface area contributed by atoms with Crippen molar-refractivity contribution >= 4 is 33.7 Å². The van der Waals surface area contributed by atoms with Gasteiger partial charge in [0.2, 0.25) is 5.91 Å². The molecule has 4 aromatic heterocycles. The van der Waals surface area contributed by atoms with Crippen LogP contribution in [0.3, 0.4) is 0 Å². The molecule has 1 amide bonds. The third-order valence-electron chi connectivity index (χ3n) is 6.35. The summed E-state index contributed by atoms with van der Waals surface area (Å²) >= 11 is 0. The Hall–Kier alpha value is -5.12. The number of carbonyl (C=O) groups excluding carboxylic acids is 1. The van der Waals surface area contributed by atoms with Gasteiger partial charge in [-0.05, 0) is 35.9 Å². The number of fused-ring (bicyclic) bond motifs is 2. The molecule has 4 N–H and O–H groups in total. The van der Waals surface area contributed by atoms with Gasteiger partial charge in [-0.2, -0.15) is 5.10 Å². The highest BCUT2D eigenvalue weighted by Crippen LogP contribution is 2.34. The SMILES string of the molecule is CC(C)C(=O)Nc1cncc(-c2cnc3[nH]nc(-c4nc5c(-c6cccc(F)c6)cccc5n4N)c3c2)c1. The standard InChI is InChI=1S/C28H23FN8O/c1-15(2)28(38)33-20-10-17(12-31-14-20)18-11-22-25(35-36-26(22)32-13-18)27-34-24-21(7-4-8-23(24)37(27)30)16-5-3-6-19(29)9-16/h3-15H,30H2,1-2H3,(H,33,38)(H,32,35,36). The number of aromatic amines is 1. The third-order valence-corrected chi connectivity index (χ3v) is 6.35. The van der Waals surface area contributed by atoms with Crippen LogP contribution >= 0.6 is 0 Å². The van der Waals surface area contributed by atoms with Crippen LogP contribution in [0.2, 0.25) is 0 Å². The molecule has 4 heterocycles. The predicted octanol–water partition coefficient (Wildman–Crippen LogP) is 5.15. The third kappa shape index (κ3) is 4.01. The first-order valence-electron chi connectivity index (χ1n) is 12.0. The van der Waals surface area contributed by atoms with Gasteiger partial charge in [-0.25, -0.2) is 19.0 Å². The molecule has 0 fully saturated rings. The Morgan fingerprint density at radius 3 is 2.66 bits per heavy atom.